The second-order valence-corrected chi connectivity index (χ2v) is 4.34. The zero-order chi connectivity index (χ0) is 9.61. The summed E-state index contributed by atoms with van der Waals surface area (Å²) in [4.78, 5) is 11.2. The molecule has 72 valence electrons. The maximum atomic E-state index is 11.2. The Morgan fingerprint density at radius 2 is 1.83 bits per heavy atom. The summed E-state index contributed by atoms with van der Waals surface area (Å²) in [7, 11) is 0. The summed E-state index contributed by atoms with van der Waals surface area (Å²) < 4.78 is 0. The first-order chi connectivity index (χ1) is 5.52. The Hall–Kier alpha value is -0.330. The van der Waals surface area contributed by atoms with E-state index in [1.165, 1.54) is 19.3 Å². The Kier molecular flexibility index (Phi) is 5.19. The molecule has 12 heavy (non-hydrogen) atoms. The molecule has 1 nitrogen and oxygen atoms in total. The van der Waals surface area contributed by atoms with Crippen LogP contribution in [0.2, 0.25) is 0 Å². The maximum Gasteiger partial charge on any atom is 0.133 e. The van der Waals surface area contributed by atoms with E-state index in [1.54, 1.807) is 0 Å². The molecular weight excluding hydrogens is 148 g/mol. The van der Waals surface area contributed by atoms with Crippen LogP contribution in [0.5, 0.6) is 0 Å². The minimum Gasteiger partial charge on any atom is -0.300 e. The quantitative estimate of drug-likeness (QED) is 0.595. The van der Waals surface area contributed by atoms with Crippen LogP contribution in [0.25, 0.3) is 0 Å². The van der Waals surface area contributed by atoms with Gasteiger partial charge in [-0.3, -0.25) is 4.79 Å². The van der Waals surface area contributed by atoms with E-state index in [2.05, 4.69) is 20.8 Å². The molecule has 0 aromatic rings. The smallest absolute Gasteiger partial charge is 0.133 e. The molecule has 1 heteroatoms. The second-order valence-electron chi connectivity index (χ2n) is 4.34. The van der Waals surface area contributed by atoms with Crippen LogP contribution in [0.3, 0.4) is 0 Å². The van der Waals surface area contributed by atoms with Gasteiger partial charge in [0, 0.05) is 12.8 Å². The van der Waals surface area contributed by atoms with E-state index in [-0.39, 0.29) is 5.41 Å². The van der Waals surface area contributed by atoms with Crippen LogP contribution in [0, 0.1) is 5.41 Å². The van der Waals surface area contributed by atoms with Crippen molar-refractivity contribution in [1.82, 2.24) is 0 Å². The van der Waals surface area contributed by atoms with Gasteiger partial charge in [-0.2, -0.15) is 0 Å². The molecular formula is C11H22O. The van der Waals surface area contributed by atoms with Crippen molar-refractivity contribution < 1.29 is 4.79 Å². The fourth-order valence-electron chi connectivity index (χ4n) is 1.40. The lowest BCUT2D eigenvalue weighted by atomic mass is 9.82. The summed E-state index contributed by atoms with van der Waals surface area (Å²) in [6.07, 6.45) is 5.09. The van der Waals surface area contributed by atoms with Crippen LogP contribution in [0.4, 0.5) is 0 Å². The van der Waals surface area contributed by atoms with Gasteiger partial charge in [-0.05, 0) is 11.8 Å². The van der Waals surface area contributed by atoms with Crippen molar-refractivity contribution >= 4 is 5.78 Å². The third-order valence-electron chi connectivity index (χ3n) is 2.28. The fraction of sp³-hybridized carbons (Fsp3) is 0.909. The van der Waals surface area contributed by atoms with Crippen LogP contribution in [-0.2, 0) is 4.79 Å². The molecule has 0 radical (unpaired) electrons. The zero-order valence-electron chi connectivity index (χ0n) is 8.94. The Labute approximate surface area is 76.6 Å². The van der Waals surface area contributed by atoms with Gasteiger partial charge in [0.15, 0.2) is 0 Å². The van der Waals surface area contributed by atoms with Gasteiger partial charge in [-0.25, -0.2) is 0 Å². The summed E-state index contributed by atoms with van der Waals surface area (Å²) in [5, 5.41) is 0. The average Bonchev–Trinajstić information content (AvgIpc) is 2.00. The molecule has 0 aromatic carbocycles. The Morgan fingerprint density at radius 3 is 2.25 bits per heavy atom. The maximum absolute atomic E-state index is 11.2. The number of rotatable bonds is 6. The van der Waals surface area contributed by atoms with E-state index in [0.717, 1.165) is 6.42 Å². The Balaban J connectivity index is 3.77. The molecule has 0 unspecified atom stereocenters. The van der Waals surface area contributed by atoms with Crippen LogP contribution < -0.4 is 0 Å². The summed E-state index contributed by atoms with van der Waals surface area (Å²) in [5.41, 5.74) is 0.225. The van der Waals surface area contributed by atoms with Crippen LogP contribution in [0.1, 0.15) is 59.8 Å². The van der Waals surface area contributed by atoms with Gasteiger partial charge in [0.25, 0.3) is 0 Å². The van der Waals surface area contributed by atoms with E-state index >= 15 is 0 Å². The lowest BCUT2D eigenvalue weighted by Gasteiger charge is -2.23. The molecule has 0 N–H and O–H groups in total. The van der Waals surface area contributed by atoms with E-state index < -0.39 is 0 Å². The van der Waals surface area contributed by atoms with Crippen molar-refractivity contribution in [3.8, 4) is 0 Å². The van der Waals surface area contributed by atoms with E-state index in [1.807, 2.05) is 6.92 Å². The first-order valence-corrected chi connectivity index (χ1v) is 5.03. The van der Waals surface area contributed by atoms with Gasteiger partial charge >= 0.3 is 0 Å². The van der Waals surface area contributed by atoms with Crippen LogP contribution >= 0.6 is 0 Å². The molecule has 0 aliphatic carbocycles. The molecule has 0 fully saturated rings. The van der Waals surface area contributed by atoms with Gasteiger partial charge in [0.2, 0.25) is 0 Å². The number of Topliss-reactive ketones (excluding diaryl/α,β-unsaturated/α-hetero) is 1. The molecule has 0 saturated carbocycles. The predicted molar refractivity (Wildman–Crippen MR) is 53.2 cm³/mol. The molecule has 0 atom stereocenters. The SMILES string of the molecule is CCCCC(C)(C)CC(=O)CC. The summed E-state index contributed by atoms with van der Waals surface area (Å²) in [6.45, 7) is 8.52. The highest BCUT2D eigenvalue weighted by Crippen LogP contribution is 2.27. The molecule has 0 aromatic heterocycles. The molecule has 0 bridgehead atoms. The third kappa shape index (κ3) is 5.34. The normalized spacial score (nSPS) is 11.7. The van der Waals surface area contributed by atoms with Crippen molar-refractivity contribution in [3.05, 3.63) is 0 Å². The molecule has 0 aliphatic heterocycles. The van der Waals surface area contributed by atoms with Crippen molar-refractivity contribution in [3.63, 3.8) is 0 Å². The average molecular weight is 170 g/mol. The number of carbonyl (C=O) groups excluding carboxylic acids is 1. The lowest BCUT2D eigenvalue weighted by molar-refractivity contribution is -0.120. The predicted octanol–water partition coefficient (Wildman–Crippen LogP) is 3.57. The molecule has 0 rings (SSSR count). The molecule has 0 saturated heterocycles. The first kappa shape index (κ1) is 11.7. The third-order valence-corrected chi connectivity index (χ3v) is 2.28. The minimum atomic E-state index is 0.225. The van der Waals surface area contributed by atoms with Crippen molar-refractivity contribution in [2.24, 2.45) is 5.41 Å². The van der Waals surface area contributed by atoms with Crippen LogP contribution in [-0.4, -0.2) is 5.78 Å². The van der Waals surface area contributed by atoms with Crippen molar-refractivity contribution in [2.45, 2.75) is 59.8 Å². The first-order valence-electron chi connectivity index (χ1n) is 5.03. The number of unbranched alkanes of at least 4 members (excludes halogenated alkanes) is 1. The second kappa shape index (κ2) is 5.34. The van der Waals surface area contributed by atoms with E-state index in [4.69, 9.17) is 0 Å². The molecule has 0 aliphatic rings. The van der Waals surface area contributed by atoms with E-state index in [0.29, 0.717) is 12.2 Å². The topological polar surface area (TPSA) is 17.1 Å². The monoisotopic (exact) mass is 170 g/mol. The molecule has 0 spiro atoms. The number of ketones is 1. The number of carbonyl (C=O) groups is 1. The summed E-state index contributed by atoms with van der Waals surface area (Å²) in [6, 6.07) is 0. The standard InChI is InChI=1S/C11H22O/c1-5-7-8-11(3,4)9-10(12)6-2/h5-9H2,1-4H3. The number of hydrogen-bond acceptors (Lipinski definition) is 1. The van der Waals surface area contributed by atoms with E-state index in [9.17, 15) is 4.79 Å². The van der Waals surface area contributed by atoms with Gasteiger partial charge in [0.1, 0.15) is 5.78 Å². The van der Waals surface area contributed by atoms with Gasteiger partial charge < -0.3 is 0 Å². The van der Waals surface area contributed by atoms with Crippen LogP contribution in [0.15, 0.2) is 0 Å². The Morgan fingerprint density at radius 1 is 1.25 bits per heavy atom. The number of hydrogen-bond donors (Lipinski definition) is 0. The molecule has 0 amide bonds. The highest BCUT2D eigenvalue weighted by Gasteiger charge is 2.19. The van der Waals surface area contributed by atoms with Gasteiger partial charge in [0.05, 0.1) is 0 Å². The Bertz CT molecular complexity index is 136. The van der Waals surface area contributed by atoms with Gasteiger partial charge in [-0.1, -0.05) is 40.5 Å². The summed E-state index contributed by atoms with van der Waals surface area (Å²) in [5.74, 6) is 0.399. The highest BCUT2D eigenvalue weighted by molar-refractivity contribution is 5.78. The fourth-order valence-corrected chi connectivity index (χ4v) is 1.40. The summed E-state index contributed by atoms with van der Waals surface area (Å²) >= 11 is 0. The highest BCUT2D eigenvalue weighted by atomic mass is 16.1. The lowest BCUT2D eigenvalue weighted by Crippen LogP contribution is -2.16. The van der Waals surface area contributed by atoms with Crippen molar-refractivity contribution in [2.75, 3.05) is 0 Å². The largest absolute Gasteiger partial charge is 0.300 e. The van der Waals surface area contributed by atoms with Crippen molar-refractivity contribution in [1.29, 1.82) is 0 Å². The minimum absolute atomic E-state index is 0.225. The van der Waals surface area contributed by atoms with Gasteiger partial charge in [-0.15, -0.1) is 0 Å². The molecule has 0 heterocycles. The zero-order valence-corrected chi connectivity index (χ0v) is 8.94.